The minimum Gasteiger partial charge on any atom is -0.377 e. The first-order chi connectivity index (χ1) is 6.74. The monoisotopic (exact) mass is 223 g/mol. The summed E-state index contributed by atoms with van der Waals surface area (Å²) in [7, 11) is 2.50. The predicted molar refractivity (Wildman–Crippen MR) is 56.1 cm³/mol. The molecule has 1 rings (SSSR count). The zero-order chi connectivity index (χ0) is 10.9. The van der Waals surface area contributed by atoms with Crippen LogP contribution in [-0.2, 0) is 18.0 Å². The van der Waals surface area contributed by atoms with Crippen molar-refractivity contribution in [2.24, 2.45) is 5.73 Å². The third-order valence-electron chi connectivity index (χ3n) is 1.82. The normalized spacial score (nSPS) is 14.6. The van der Waals surface area contributed by atoms with E-state index in [1.807, 2.05) is 0 Å². The Morgan fingerprint density at radius 2 is 1.57 bits per heavy atom. The Bertz CT molecular complexity index is 119. The predicted octanol–water partition coefficient (Wildman–Crippen LogP) is 0.230. The van der Waals surface area contributed by atoms with E-state index in [1.54, 1.807) is 21.3 Å². The fourth-order valence-corrected chi connectivity index (χ4v) is 2.62. The van der Waals surface area contributed by atoms with Crippen LogP contribution in [0.4, 0.5) is 0 Å². The van der Waals surface area contributed by atoms with Crippen LogP contribution in [0.5, 0.6) is 0 Å². The van der Waals surface area contributed by atoms with E-state index < -0.39 is 8.80 Å². The van der Waals surface area contributed by atoms with Crippen LogP contribution < -0.4 is 5.73 Å². The van der Waals surface area contributed by atoms with Crippen molar-refractivity contribution in [2.45, 2.75) is 12.5 Å². The van der Waals surface area contributed by atoms with E-state index in [1.165, 1.54) is 0 Å². The molecule has 0 bridgehead atoms. The van der Waals surface area contributed by atoms with Crippen molar-refractivity contribution < 1.29 is 18.0 Å². The zero-order valence-electron chi connectivity index (χ0n) is 9.25. The summed E-state index contributed by atoms with van der Waals surface area (Å²) in [6.07, 6.45) is 0.877. The maximum atomic E-state index is 5.36. The topological polar surface area (TPSA) is 66.2 Å². The maximum absolute atomic E-state index is 5.36. The smallest absolute Gasteiger partial charge is 0.377 e. The molecule has 2 N–H and O–H groups in total. The summed E-state index contributed by atoms with van der Waals surface area (Å²) in [5.41, 5.74) is 5.36. The molecule has 86 valence electrons. The van der Waals surface area contributed by atoms with Crippen molar-refractivity contribution in [2.75, 3.05) is 41.1 Å². The van der Waals surface area contributed by atoms with Gasteiger partial charge in [0.2, 0.25) is 0 Å². The molecule has 1 fully saturated rings. The van der Waals surface area contributed by atoms with Crippen molar-refractivity contribution in [1.29, 1.82) is 0 Å². The summed E-state index contributed by atoms with van der Waals surface area (Å²) in [4.78, 5) is 0. The van der Waals surface area contributed by atoms with Crippen LogP contribution in [0.1, 0.15) is 6.42 Å². The van der Waals surface area contributed by atoms with E-state index in [4.69, 9.17) is 19.0 Å². The summed E-state index contributed by atoms with van der Waals surface area (Å²) in [5, 5.41) is 0. The molecule has 0 amide bonds. The third kappa shape index (κ3) is 6.47. The Labute approximate surface area is 86.8 Å². The number of ether oxygens (including phenoxy) is 1. The van der Waals surface area contributed by atoms with Crippen LogP contribution >= 0.6 is 0 Å². The molecule has 0 unspecified atom stereocenters. The highest BCUT2D eigenvalue weighted by Crippen LogP contribution is 2.13. The molecule has 5 nitrogen and oxygen atoms in total. The van der Waals surface area contributed by atoms with Gasteiger partial charge in [-0.15, -0.1) is 0 Å². The Morgan fingerprint density at radius 3 is 1.79 bits per heavy atom. The maximum Gasteiger partial charge on any atom is 0.500 e. The van der Waals surface area contributed by atoms with Gasteiger partial charge in [-0.05, 0) is 13.0 Å². The molecular formula is C8H21NO4Si. The van der Waals surface area contributed by atoms with Gasteiger partial charge in [-0.25, -0.2) is 0 Å². The molecular weight excluding hydrogens is 202 g/mol. The van der Waals surface area contributed by atoms with Gasteiger partial charge in [0.15, 0.2) is 0 Å². The molecule has 14 heavy (non-hydrogen) atoms. The molecule has 0 radical (unpaired) electrons. The largest absolute Gasteiger partial charge is 0.500 e. The summed E-state index contributed by atoms with van der Waals surface area (Å²) >= 11 is 0. The Hall–Kier alpha value is 0.0169. The van der Waals surface area contributed by atoms with Crippen molar-refractivity contribution in [3.63, 3.8) is 0 Å². The first-order valence-corrected chi connectivity index (χ1v) is 6.61. The fourth-order valence-electron chi connectivity index (χ4n) is 0.875. The zero-order valence-corrected chi connectivity index (χ0v) is 10.2. The molecule has 0 aromatic carbocycles. The summed E-state index contributed by atoms with van der Waals surface area (Å²) in [6, 6.07) is 0.785. The molecule has 1 aliphatic heterocycles. The second kappa shape index (κ2) is 8.34. The lowest BCUT2D eigenvalue weighted by molar-refractivity contribution is 0.123. The van der Waals surface area contributed by atoms with E-state index >= 15 is 0 Å². The Morgan fingerprint density at radius 1 is 1.14 bits per heavy atom. The highest BCUT2D eigenvalue weighted by molar-refractivity contribution is 6.60. The molecule has 0 aromatic heterocycles. The summed E-state index contributed by atoms with van der Waals surface area (Å²) in [5.74, 6) is 0. The van der Waals surface area contributed by atoms with Crippen molar-refractivity contribution in [3.05, 3.63) is 0 Å². The second-order valence-electron chi connectivity index (χ2n) is 2.80. The van der Waals surface area contributed by atoms with E-state index in [0.29, 0.717) is 6.54 Å². The third-order valence-corrected chi connectivity index (χ3v) is 4.66. The summed E-state index contributed by atoms with van der Waals surface area (Å²) < 4.78 is 20.0. The van der Waals surface area contributed by atoms with E-state index in [9.17, 15) is 0 Å². The van der Waals surface area contributed by atoms with Gasteiger partial charge in [-0.3, -0.25) is 0 Å². The SMILES string of the molecule is C1CO1.CO[Si](CCCN)(OC)OC. The van der Waals surface area contributed by atoms with Gasteiger partial charge in [-0.1, -0.05) is 0 Å². The first kappa shape index (κ1) is 14.0. The first-order valence-electron chi connectivity index (χ1n) is 4.68. The molecule has 6 heteroatoms. The molecule has 1 heterocycles. The van der Waals surface area contributed by atoms with Gasteiger partial charge in [0.25, 0.3) is 0 Å². The number of nitrogens with two attached hydrogens (primary N) is 1. The van der Waals surface area contributed by atoms with Crippen LogP contribution in [0, 0.1) is 0 Å². The van der Waals surface area contributed by atoms with E-state index in [0.717, 1.165) is 25.7 Å². The van der Waals surface area contributed by atoms with Crippen molar-refractivity contribution >= 4 is 8.80 Å². The van der Waals surface area contributed by atoms with Crippen LogP contribution in [-0.4, -0.2) is 49.9 Å². The number of hydrogen-bond donors (Lipinski definition) is 1. The molecule has 0 aromatic rings. The van der Waals surface area contributed by atoms with Gasteiger partial charge < -0.3 is 23.7 Å². The van der Waals surface area contributed by atoms with Gasteiger partial charge in [0.05, 0.1) is 13.2 Å². The van der Waals surface area contributed by atoms with Crippen molar-refractivity contribution in [1.82, 2.24) is 0 Å². The number of epoxide rings is 1. The lowest BCUT2D eigenvalue weighted by Crippen LogP contribution is -2.42. The van der Waals surface area contributed by atoms with Gasteiger partial charge in [-0.2, -0.15) is 0 Å². The average molecular weight is 223 g/mol. The number of rotatable bonds is 6. The van der Waals surface area contributed by atoms with Crippen LogP contribution in [0.25, 0.3) is 0 Å². The van der Waals surface area contributed by atoms with Gasteiger partial charge >= 0.3 is 8.80 Å². The molecule has 0 atom stereocenters. The number of hydrogen-bond acceptors (Lipinski definition) is 5. The quantitative estimate of drug-likeness (QED) is 0.516. The molecule has 0 spiro atoms. The van der Waals surface area contributed by atoms with Gasteiger partial charge in [0, 0.05) is 27.4 Å². The van der Waals surface area contributed by atoms with Crippen LogP contribution in [0.3, 0.4) is 0 Å². The molecule has 1 saturated heterocycles. The minimum atomic E-state index is -2.32. The van der Waals surface area contributed by atoms with Crippen LogP contribution in [0.15, 0.2) is 0 Å². The van der Waals surface area contributed by atoms with E-state index in [-0.39, 0.29) is 0 Å². The Kier molecular flexibility index (Phi) is 8.35. The second-order valence-corrected chi connectivity index (χ2v) is 5.89. The van der Waals surface area contributed by atoms with Crippen molar-refractivity contribution in [3.8, 4) is 0 Å². The fraction of sp³-hybridized carbons (Fsp3) is 1.00. The highest BCUT2D eigenvalue weighted by atomic mass is 28.4. The molecule has 0 aliphatic carbocycles. The minimum absolute atomic E-state index is 0.644. The Balaban J connectivity index is 0.000000469. The van der Waals surface area contributed by atoms with Crippen LogP contribution in [0.2, 0.25) is 6.04 Å². The lowest BCUT2D eigenvalue weighted by atomic mass is 10.5. The van der Waals surface area contributed by atoms with E-state index in [2.05, 4.69) is 4.74 Å². The van der Waals surface area contributed by atoms with Gasteiger partial charge in [0.1, 0.15) is 0 Å². The molecule has 0 saturated carbocycles. The summed E-state index contributed by atoms with van der Waals surface area (Å²) in [6.45, 7) is 2.64. The highest BCUT2D eigenvalue weighted by Gasteiger charge is 2.36. The average Bonchev–Trinajstić information content (AvgIpc) is 3.08. The lowest BCUT2D eigenvalue weighted by Gasteiger charge is -2.23. The standard InChI is InChI=1S/C6H17NO3Si.C2H4O/c1-8-11(9-2,10-3)6-4-5-7;1-2-3-1/h4-7H2,1-3H3;1-2H2. The molecule has 1 aliphatic rings.